The maximum Gasteiger partial charge on any atom is 0.267 e. The fourth-order valence-electron chi connectivity index (χ4n) is 1.70. The molecule has 0 aliphatic rings. The van der Waals surface area contributed by atoms with Crippen molar-refractivity contribution in [3.8, 4) is 0 Å². The summed E-state index contributed by atoms with van der Waals surface area (Å²) in [7, 11) is 1.71. The van der Waals surface area contributed by atoms with Crippen molar-refractivity contribution in [3.63, 3.8) is 0 Å². The zero-order chi connectivity index (χ0) is 13.7. The molecule has 0 bridgehead atoms. The van der Waals surface area contributed by atoms with Gasteiger partial charge in [-0.2, -0.15) is 5.10 Å². The summed E-state index contributed by atoms with van der Waals surface area (Å²) in [4.78, 5) is 25.0. The fourth-order valence-corrected chi connectivity index (χ4v) is 1.70. The van der Waals surface area contributed by atoms with Crippen molar-refractivity contribution in [2.45, 2.75) is 13.1 Å². The van der Waals surface area contributed by atoms with Gasteiger partial charge in [0.25, 0.3) is 5.56 Å². The third-order valence-corrected chi connectivity index (χ3v) is 2.76. The second-order valence-electron chi connectivity index (χ2n) is 4.25. The smallest absolute Gasteiger partial charge is 0.267 e. The minimum Gasteiger partial charge on any atom is -0.340 e. The molecule has 98 valence electrons. The van der Waals surface area contributed by atoms with Gasteiger partial charge in [-0.1, -0.05) is 30.3 Å². The van der Waals surface area contributed by atoms with E-state index in [1.54, 1.807) is 18.0 Å². The highest BCUT2D eigenvalue weighted by Crippen LogP contribution is 2.02. The van der Waals surface area contributed by atoms with Gasteiger partial charge in [0.15, 0.2) is 0 Å². The van der Waals surface area contributed by atoms with Crippen LogP contribution in [0.15, 0.2) is 53.5 Å². The minimum atomic E-state index is -0.274. The Morgan fingerprint density at radius 1 is 1.21 bits per heavy atom. The Balaban J connectivity index is 2.01. The topological polar surface area (TPSA) is 55.2 Å². The maximum atomic E-state index is 12.0. The zero-order valence-corrected chi connectivity index (χ0v) is 10.7. The number of likely N-dealkylation sites (N-methyl/N-ethyl adjacent to an activating group) is 1. The molecule has 0 N–H and O–H groups in total. The number of carbonyl (C=O) groups is 1. The maximum absolute atomic E-state index is 12.0. The van der Waals surface area contributed by atoms with Gasteiger partial charge in [0.1, 0.15) is 6.54 Å². The van der Waals surface area contributed by atoms with Crippen LogP contribution in [0.3, 0.4) is 0 Å². The van der Waals surface area contributed by atoms with Gasteiger partial charge < -0.3 is 4.90 Å². The number of nitrogens with zero attached hydrogens (tertiary/aromatic N) is 3. The molecule has 0 unspecified atom stereocenters. The third kappa shape index (κ3) is 3.51. The Labute approximate surface area is 111 Å². The molecule has 1 aromatic heterocycles. The van der Waals surface area contributed by atoms with E-state index in [4.69, 9.17) is 0 Å². The van der Waals surface area contributed by atoms with Gasteiger partial charge in [-0.25, -0.2) is 4.68 Å². The second-order valence-corrected chi connectivity index (χ2v) is 4.25. The van der Waals surface area contributed by atoms with Gasteiger partial charge in [-0.3, -0.25) is 9.59 Å². The first-order valence-electron chi connectivity index (χ1n) is 5.97. The monoisotopic (exact) mass is 257 g/mol. The average Bonchev–Trinajstić information content (AvgIpc) is 2.42. The van der Waals surface area contributed by atoms with Crippen molar-refractivity contribution < 1.29 is 4.79 Å². The lowest BCUT2D eigenvalue weighted by Gasteiger charge is -2.17. The lowest BCUT2D eigenvalue weighted by molar-refractivity contribution is -0.131. The number of rotatable bonds is 4. The SMILES string of the molecule is CN(Cc1ccccc1)C(=O)Cn1ncccc1=O. The highest BCUT2D eigenvalue weighted by molar-refractivity contribution is 5.75. The lowest BCUT2D eigenvalue weighted by Crippen LogP contribution is -2.34. The largest absolute Gasteiger partial charge is 0.340 e. The molecule has 2 rings (SSSR count). The molecule has 1 aromatic carbocycles. The van der Waals surface area contributed by atoms with Crippen molar-refractivity contribution in [3.05, 3.63) is 64.6 Å². The van der Waals surface area contributed by atoms with Crippen LogP contribution in [0.1, 0.15) is 5.56 Å². The van der Waals surface area contributed by atoms with Crippen LogP contribution < -0.4 is 5.56 Å². The highest BCUT2D eigenvalue weighted by Gasteiger charge is 2.11. The summed E-state index contributed by atoms with van der Waals surface area (Å²) >= 11 is 0. The van der Waals surface area contributed by atoms with Crippen molar-refractivity contribution in [1.29, 1.82) is 0 Å². The Bertz CT molecular complexity index is 607. The van der Waals surface area contributed by atoms with E-state index < -0.39 is 0 Å². The van der Waals surface area contributed by atoms with E-state index in [9.17, 15) is 9.59 Å². The van der Waals surface area contributed by atoms with Gasteiger partial charge in [-0.05, 0) is 11.6 Å². The molecule has 19 heavy (non-hydrogen) atoms. The molecule has 2 aromatic rings. The number of amides is 1. The molecule has 1 amide bonds. The molecule has 0 aliphatic carbocycles. The van der Waals surface area contributed by atoms with Gasteiger partial charge in [0.05, 0.1) is 0 Å². The third-order valence-electron chi connectivity index (χ3n) is 2.76. The summed E-state index contributed by atoms with van der Waals surface area (Å²) in [6.45, 7) is 0.476. The summed E-state index contributed by atoms with van der Waals surface area (Å²) in [5.41, 5.74) is 0.774. The number of carbonyl (C=O) groups excluding carboxylic acids is 1. The molecule has 0 spiro atoms. The van der Waals surface area contributed by atoms with E-state index in [2.05, 4.69) is 5.10 Å². The van der Waals surface area contributed by atoms with E-state index in [0.29, 0.717) is 6.54 Å². The van der Waals surface area contributed by atoms with Gasteiger partial charge in [-0.15, -0.1) is 0 Å². The number of benzene rings is 1. The average molecular weight is 257 g/mol. The minimum absolute atomic E-state index is 0.0387. The standard InChI is InChI=1S/C14H15N3O2/c1-16(10-12-6-3-2-4-7-12)14(19)11-17-13(18)8-5-9-15-17/h2-9H,10-11H2,1H3. The van der Waals surface area contributed by atoms with Crippen molar-refractivity contribution >= 4 is 5.91 Å². The normalized spacial score (nSPS) is 10.2. The van der Waals surface area contributed by atoms with Crippen LogP contribution in [-0.2, 0) is 17.9 Å². The number of hydrogen-bond acceptors (Lipinski definition) is 3. The summed E-state index contributed by atoms with van der Waals surface area (Å²) < 4.78 is 1.16. The quantitative estimate of drug-likeness (QED) is 0.817. The summed E-state index contributed by atoms with van der Waals surface area (Å²) in [5, 5.41) is 3.86. The summed E-state index contributed by atoms with van der Waals surface area (Å²) in [6.07, 6.45) is 1.49. The molecule has 0 aliphatic heterocycles. The van der Waals surface area contributed by atoms with Crippen molar-refractivity contribution in [2.75, 3.05) is 7.05 Å². The predicted octanol–water partition coefficient (Wildman–Crippen LogP) is 0.902. The zero-order valence-electron chi connectivity index (χ0n) is 10.7. The van der Waals surface area contributed by atoms with Crippen molar-refractivity contribution in [2.24, 2.45) is 0 Å². The Morgan fingerprint density at radius 3 is 2.63 bits per heavy atom. The summed E-state index contributed by atoms with van der Waals surface area (Å²) in [5.74, 6) is -0.148. The predicted molar refractivity (Wildman–Crippen MR) is 71.4 cm³/mol. The van der Waals surface area contributed by atoms with Crippen LogP contribution in [0, 0.1) is 0 Å². The first-order valence-corrected chi connectivity index (χ1v) is 5.97. The fraction of sp³-hybridized carbons (Fsp3) is 0.214. The van der Waals surface area contributed by atoms with Crippen LogP contribution >= 0.6 is 0 Å². The first-order chi connectivity index (χ1) is 9.16. The lowest BCUT2D eigenvalue weighted by atomic mass is 10.2. The Hall–Kier alpha value is -2.43. The van der Waals surface area contributed by atoms with Gasteiger partial charge >= 0.3 is 0 Å². The first kappa shape index (κ1) is 13.0. The van der Waals surface area contributed by atoms with E-state index in [1.165, 1.54) is 12.3 Å². The molecule has 5 heteroatoms. The second kappa shape index (κ2) is 5.95. The summed E-state index contributed by atoms with van der Waals surface area (Å²) in [6, 6.07) is 12.6. The van der Waals surface area contributed by atoms with Crippen LogP contribution in [0.5, 0.6) is 0 Å². The molecule has 0 saturated heterocycles. The van der Waals surface area contributed by atoms with E-state index in [0.717, 1.165) is 10.2 Å². The van der Waals surface area contributed by atoms with Crippen LogP contribution in [0.4, 0.5) is 0 Å². The number of hydrogen-bond donors (Lipinski definition) is 0. The van der Waals surface area contributed by atoms with E-state index >= 15 is 0 Å². The van der Waals surface area contributed by atoms with Gasteiger partial charge in [0, 0.05) is 25.9 Å². The van der Waals surface area contributed by atoms with E-state index in [1.807, 2.05) is 30.3 Å². The van der Waals surface area contributed by atoms with Crippen LogP contribution in [0.25, 0.3) is 0 Å². The number of aromatic nitrogens is 2. The van der Waals surface area contributed by atoms with Crippen LogP contribution in [-0.4, -0.2) is 27.6 Å². The Morgan fingerprint density at radius 2 is 1.95 bits per heavy atom. The Kier molecular flexibility index (Phi) is 4.07. The molecule has 1 heterocycles. The molecule has 0 radical (unpaired) electrons. The van der Waals surface area contributed by atoms with Gasteiger partial charge in [0.2, 0.25) is 5.91 Å². The molecule has 5 nitrogen and oxygen atoms in total. The molecule has 0 atom stereocenters. The van der Waals surface area contributed by atoms with E-state index in [-0.39, 0.29) is 18.0 Å². The van der Waals surface area contributed by atoms with Crippen molar-refractivity contribution in [1.82, 2.24) is 14.7 Å². The highest BCUT2D eigenvalue weighted by atomic mass is 16.2. The molecular formula is C14H15N3O2. The molecule has 0 fully saturated rings. The molecular weight excluding hydrogens is 242 g/mol. The van der Waals surface area contributed by atoms with Crippen LogP contribution in [0.2, 0.25) is 0 Å². The molecule has 0 saturated carbocycles.